The lowest BCUT2D eigenvalue weighted by Gasteiger charge is -2.42. The maximum absolute atomic E-state index is 12.5. The number of rotatable bonds is 7. The summed E-state index contributed by atoms with van der Waals surface area (Å²) in [5.41, 5.74) is 7.26. The van der Waals surface area contributed by atoms with Crippen molar-refractivity contribution in [2.75, 3.05) is 26.2 Å². The van der Waals surface area contributed by atoms with Gasteiger partial charge in [-0.3, -0.25) is 15.0 Å². The second-order valence-electron chi connectivity index (χ2n) is 9.25. The standard InChI is InChI=1S/C14H24N2O.C11H15N3O/c17-14(16-9-3-4-10-16)13-12-6-2-1-5-11(12)7-8-15-13;12-11(13)10-5-1-3-9(7-10)4-2-6-14-8-15/h11-13,15H,1-10H2;1,3,5,7-8H,2,4,6H2,(H3,12,13)(H,14,15). The van der Waals surface area contributed by atoms with Gasteiger partial charge in [0, 0.05) is 25.2 Å². The predicted molar refractivity (Wildman–Crippen MR) is 128 cm³/mol. The number of nitrogens with one attached hydrogen (secondary N) is 3. The fourth-order valence-corrected chi connectivity index (χ4v) is 5.36. The Kier molecular flexibility index (Phi) is 9.53. The number of fused-ring (bicyclic) bond motifs is 1. The molecule has 0 bridgehead atoms. The van der Waals surface area contributed by atoms with Gasteiger partial charge in [-0.1, -0.05) is 37.5 Å². The zero-order chi connectivity index (χ0) is 22.8. The van der Waals surface area contributed by atoms with Crippen molar-refractivity contribution in [2.45, 2.75) is 63.8 Å². The minimum atomic E-state index is 0.0860. The van der Waals surface area contributed by atoms with Crippen LogP contribution < -0.4 is 16.4 Å². The Labute approximate surface area is 192 Å². The van der Waals surface area contributed by atoms with Crippen LogP contribution in [0.4, 0.5) is 0 Å². The van der Waals surface area contributed by atoms with Gasteiger partial charge in [0.25, 0.3) is 0 Å². The molecule has 3 aliphatic rings. The molecule has 5 N–H and O–H groups in total. The Balaban J connectivity index is 0.000000183. The lowest BCUT2D eigenvalue weighted by molar-refractivity contribution is -0.135. The van der Waals surface area contributed by atoms with E-state index < -0.39 is 0 Å². The monoisotopic (exact) mass is 441 g/mol. The van der Waals surface area contributed by atoms with Crippen LogP contribution in [0.25, 0.3) is 0 Å². The Morgan fingerprint density at radius 2 is 1.97 bits per heavy atom. The molecule has 1 aromatic carbocycles. The van der Waals surface area contributed by atoms with Crippen molar-refractivity contribution in [3.63, 3.8) is 0 Å². The number of hydrogen-bond acceptors (Lipinski definition) is 4. The number of hydrogen-bond donors (Lipinski definition) is 4. The van der Waals surface area contributed by atoms with E-state index in [0.29, 0.717) is 24.8 Å². The van der Waals surface area contributed by atoms with Gasteiger partial charge in [-0.15, -0.1) is 0 Å². The average Bonchev–Trinajstić information content (AvgIpc) is 3.37. The van der Waals surface area contributed by atoms with Crippen LogP contribution in [0.3, 0.4) is 0 Å². The number of aryl methyl sites for hydroxylation is 1. The molecule has 0 spiro atoms. The van der Waals surface area contributed by atoms with Crippen molar-refractivity contribution in [1.29, 1.82) is 5.41 Å². The molecule has 2 saturated heterocycles. The van der Waals surface area contributed by atoms with Crippen LogP contribution in [-0.4, -0.2) is 55.3 Å². The molecule has 2 heterocycles. The summed E-state index contributed by atoms with van der Waals surface area (Å²) in [7, 11) is 0. The van der Waals surface area contributed by atoms with E-state index in [1.54, 1.807) is 0 Å². The zero-order valence-electron chi connectivity index (χ0n) is 19.2. The number of piperidine rings is 1. The minimum absolute atomic E-state index is 0.0860. The van der Waals surface area contributed by atoms with E-state index in [9.17, 15) is 9.59 Å². The molecule has 1 aromatic rings. The number of amides is 2. The molecule has 176 valence electrons. The molecule has 3 atom stereocenters. The highest BCUT2D eigenvalue weighted by Gasteiger charge is 2.40. The third kappa shape index (κ3) is 6.79. The molecule has 3 unspecified atom stereocenters. The van der Waals surface area contributed by atoms with E-state index >= 15 is 0 Å². The highest BCUT2D eigenvalue weighted by atomic mass is 16.2. The number of carbonyl (C=O) groups excluding carboxylic acids is 2. The van der Waals surface area contributed by atoms with Crippen LogP contribution in [0.5, 0.6) is 0 Å². The summed E-state index contributed by atoms with van der Waals surface area (Å²) in [6.07, 6.45) is 11.5. The number of likely N-dealkylation sites (tertiary alicyclic amines) is 1. The van der Waals surface area contributed by atoms with Crippen LogP contribution in [0.2, 0.25) is 0 Å². The molecule has 32 heavy (non-hydrogen) atoms. The summed E-state index contributed by atoms with van der Waals surface area (Å²) >= 11 is 0. The fourth-order valence-electron chi connectivity index (χ4n) is 5.36. The summed E-state index contributed by atoms with van der Waals surface area (Å²) in [6, 6.07) is 7.75. The molecule has 2 aliphatic heterocycles. The van der Waals surface area contributed by atoms with E-state index in [4.69, 9.17) is 11.1 Å². The molecule has 0 radical (unpaired) electrons. The fraction of sp³-hybridized carbons (Fsp3) is 0.640. The summed E-state index contributed by atoms with van der Waals surface area (Å²) in [6.45, 7) is 3.71. The Morgan fingerprint density at radius 3 is 2.72 bits per heavy atom. The highest BCUT2D eigenvalue weighted by Crippen LogP contribution is 2.37. The topological polar surface area (TPSA) is 111 Å². The second kappa shape index (κ2) is 12.6. The van der Waals surface area contributed by atoms with Gasteiger partial charge in [0.2, 0.25) is 12.3 Å². The lowest BCUT2D eigenvalue weighted by Crippen LogP contribution is -2.55. The zero-order valence-corrected chi connectivity index (χ0v) is 19.2. The van der Waals surface area contributed by atoms with Gasteiger partial charge in [-0.05, 0) is 68.5 Å². The van der Waals surface area contributed by atoms with E-state index in [1.807, 2.05) is 24.3 Å². The first-order valence-corrected chi connectivity index (χ1v) is 12.2. The van der Waals surface area contributed by atoms with Gasteiger partial charge in [-0.25, -0.2) is 0 Å². The van der Waals surface area contributed by atoms with Crippen LogP contribution >= 0.6 is 0 Å². The lowest BCUT2D eigenvalue weighted by atomic mass is 9.71. The van der Waals surface area contributed by atoms with Crippen LogP contribution in [0, 0.1) is 17.2 Å². The molecule has 7 heteroatoms. The predicted octanol–water partition coefficient (Wildman–Crippen LogP) is 2.43. The third-order valence-electron chi connectivity index (χ3n) is 7.07. The van der Waals surface area contributed by atoms with E-state index in [0.717, 1.165) is 49.5 Å². The van der Waals surface area contributed by atoms with Crippen molar-refractivity contribution in [3.8, 4) is 0 Å². The Bertz CT molecular complexity index is 760. The molecule has 7 nitrogen and oxygen atoms in total. The third-order valence-corrected chi connectivity index (χ3v) is 7.07. The molecule has 4 rings (SSSR count). The normalized spacial score (nSPS) is 24.6. The molecule has 0 aromatic heterocycles. The number of nitrogens with zero attached hydrogens (tertiary/aromatic N) is 1. The first-order valence-electron chi connectivity index (χ1n) is 12.2. The van der Waals surface area contributed by atoms with Crippen LogP contribution in [0.1, 0.15) is 62.5 Å². The summed E-state index contributed by atoms with van der Waals surface area (Å²) in [5.74, 6) is 1.94. The quantitative estimate of drug-likeness (QED) is 0.225. The van der Waals surface area contributed by atoms with Crippen molar-refractivity contribution >= 4 is 18.2 Å². The molecular formula is C25H39N5O2. The van der Waals surface area contributed by atoms with Gasteiger partial charge >= 0.3 is 0 Å². The SMILES string of the molecule is N=C(N)c1cccc(CCCNC=O)c1.O=C(C1NCCC2CCCCC21)N1CCCC1. The van der Waals surface area contributed by atoms with E-state index in [-0.39, 0.29) is 11.9 Å². The Morgan fingerprint density at radius 1 is 1.19 bits per heavy atom. The maximum Gasteiger partial charge on any atom is 0.240 e. The Hall–Kier alpha value is -2.41. The van der Waals surface area contributed by atoms with Crippen molar-refractivity contribution in [2.24, 2.45) is 17.6 Å². The minimum Gasteiger partial charge on any atom is -0.384 e. The molecule has 3 fully saturated rings. The average molecular weight is 442 g/mol. The molecule has 1 aliphatic carbocycles. The first-order chi connectivity index (χ1) is 15.6. The summed E-state index contributed by atoms with van der Waals surface area (Å²) < 4.78 is 0. The van der Waals surface area contributed by atoms with Crippen molar-refractivity contribution < 1.29 is 9.59 Å². The maximum atomic E-state index is 12.5. The van der Waals surface area contributed by atoms with E-state index in [2.05, 4.69) is 15.5 Å². The van der Waals surface area contributed by atoms with Gasteiger partial charge in [0.1, 0.15) is 5.84 Å². The van der Waals surface area contributed by atoms with Crippen molar-refractivity contribution in [1.82, 2.24) is 15.5 Å². The van der Waals surface area contributed by atoms with Crippen LogP contribution in [-0.2, 0) is 16.0 Å². The number of amidine groups is 1. The molecule has 2 amide bonds. The molecule has 1 saturated carbocycles. The van der Waals surface area contributed by atoms with Gasteiger partial charge in [0.05, 0.1) is 6.04 Å². The van der Waals surface area contributed by atoms with Gasteiger partial charge in [-0.2, -0.15) is 0 Å². The number of nitrogens with two attached hydrogens (primary N) is 1. The smallest absolute Gasteiger partial charge is 0.240 e. The number of benzene rings is 1. The second-order valence-corrected chi connectivity index (χ2v) is 9.25. The molecular weight excluding hydrogens is 402 g/mol. The van der Waals surface area contributed by atoms with Gasteiger partial charge < -0.3 is 21.3 Å². The first kappa shape index (κ1) is 24.2. The number of nitrogen functional groups attached to an aromatic ring is 1. The summed E-state index contributed by atoms with van der Waals surface area (Å²) in [5, 5.41) is 13.4. The highest BCUT2D eigenvalue weighted by molar-refractivity contribution is 5.95. The number of carbonyl (C=O) groups is 2. The van der Waals surface area contributed by atoms with E-state index in [1.165, 1.54) is 44.9 Å². The largest absolute Gasteiger partial charge is 0.384 e. The summed E-state index contributed by atoms with van der Waals surface area (Å²) in [4.78, 5) is 24.6. The van der Waals surface area contributed by atoms with Crippen molar-refractivity contribution in [3.05, 3.63) is 35.4 Å². The van der Waals surface area contributed by atoms with Crippen LogP contribution in [0.15, 0.2) is 24.3 Å². The van der Waals surface area contributed by atoms with Gasteiger partial charge in [0.15, 0.2) is 0 Å².